The minimum atomic E-state index is -0.387. The second kappa shape index (κ2) is 6.26. The molecule has 1 aromatic carbocycles. The summed E-state index contributed by atoms with van der Waals surface area (Å²) in [6.07, 6.45) is 1.50. The summed E-state index contributed by atoms with van der Waals surface area (Å²) in [5.41, 5.74) is 0.631. The number of hydrogen-bond donors (Lipinski definition) is 1. The van der Waals surface area contributed by atoms with Crippen LogP contribution >= 0.6 is 0 Å². The van der Waals surface area contributed by atoms with Gasteiger partial charge in [-0.25, -0.2) is 0 Å². The van der Waals surface area contributed by atoms with Gasteiger partial charge in [0.1, 0.15) is 11.3 Å². The fraction of sp³-hybridized carbons (Fsp3) is 0.250. The second-order valence-electron chi connectivity index (χ2n) is 4.75. The molecule has 0 unspecified atom stereocenters. The zero-order valence-electron chi connectivity index (χ0n) is 12.3. The Hall–Kier alpha value is -2.56. The van der Waals surface area contributed by atoms with Crippen LogP contribution in [0, 0.1) is 0 Å². The largest absolute Gasteiger partial charge is 0.496 e. The number of methoxy groups -OCH3 is 1. The van der Waals surface area contributed by atoms with Gasteiger partial charge in [0, 0.05) is 18.8 Å². The van der Waals surface area contributed by atoms with Crippen LogP contribution < -0.4 is 10.3 Å². The lowest BCUT2D eigenvalue weighted by atomic mass is 10.1. The van der Waals surface area contributed by atoms with Gasteiger partial charge in [0.2, 0.25) is 0 Å². The number of para-hydroxylation sites is 1. The van der Waals surface area contributed by atoms with Crippen LogP contribution in [-0.2, 0) is 0 Å². The zero-order valence-corrected chi connectivity index (χ0v) is 12.3. The summed E-state index contributed by atoms with van der Waals surface area (Å²) in [6.45, 7) is 1.90. The van der Waals surface area contributed by atoms with Gasteiger partial charge < -0.3 is 14.6 Å². The summed E-state index contributed by atoms with van der Waals surface area (Å²) in [6, 6.07) is 10.5. The molecule has 5 nitrogen and oxygen atoms in total. The molecule has 21 heavy (non-hydrogen) atoms. The van der Waals surface area contributed by atoms with Crippen molar-refractivity contribution in [3.8, 4) is 5.75 Å². The molecule has 1 aromatic heterocycles. The lowest BCUT2D eigenvalue weighted by Crippen LogP contribution is -2.33. The number of benzene rings is 1. The molecule has 0 aliphatic rings. The fourth-order valence-electron chi connectivity index (χ4n) is 2.18. The molecule has 1 amide bonds. The Morgan fingerprint density at radius 3 is 2.62 bits per heavy atom. The van der Waals surface area contributed by atoms with Crippen molar-refractivity contribution >= 4 is 5.91 Å². The highest BCUT2D eigenvalue weighted by atomic mass is 16.5. The van der Waals surface area contributed by atoms with E-state index in [9.17, 15) is 9.59 Å². The van der Waals surface area contributed by atoms with E-state index in [1.165, 1.54) is 17.2 Å². The fourth-order valence-corrected chi connectivity index (χ4v) is 2.18. The van der Waals surface area contributed by atoms with E-state index in [-0.39, 0.29) is 23.1 Å². The predicted octanol–water partition coefficient (Wildman–Crippen LogP) is 2.22. The summed E-state index contributed by atoms with van der Waals surface area (Å²) in [5.74, 6) is 0.391. The zero-order chi connectivity index (χ0) is 15.4. The van der Waals surface area contributed by atoms with Crippen LogP contribution in [0.1, 0.15) is 28.9 Å². The van der Waals surface area contributed by atoms with Gasteiger partial charge in [0.25, 0.3) is 11.5 Å². The molecule has 0 bridgehead atoms. The van der Waals surface area contributed by atoms with Crippen molar-refractivity contribution in [3.05, 3.63) is 64.1 Å². The van der Waals surface area contributed by atoms with Crippen molar-refractivity contribution in [2.45, 2.75) is 13.0 Å². The maximum Gasteiger partial charge on any atom is 0.260 e. The molecule has 0 saturated heterocycles. The van der Waals surface area contributed by atoms with Crippen molar-refractivity contribution in [2.24, 2.45) is 0 Å². The van der Waals surface area contributed by atoms with E-state index in [2.05, 4.69) is 4.98 Å². The van der Waals surface area contributed by atoms with E-state index >= 15 is 0 Å². The summed E-state index contributed by atoms with van der Waals surface area (Å²) < 4.78 is 5.32. The topological polar surface area (TPSA) is 62.4 Å². The quantitative estimate of drug-likeness (QED) is 0.937. The number of nitrogens with one attached hydrogen (secondary N) is 1. The molecule has 2 rings (SSSR count). The number of aromatic nitrogens is 1. The number of rotatable bonds is 4. The van der Waals surface area contributed by atoms with Crippen LogP contribution in [0.2, 0.25) is 0 Å². The third kappa shape index (κ3) is 2.97. The third-order valence-corrected chi connectivity index (χ3v) is 3.54. The number of aromatic amines is 1. The van der Waals surface area contributed by atoms with Gasteiger partial charge in [0.05, 0.1) is 13.2 Å². The number of hydrogen-bond acceptors (Lipinski definition) is 3. The molecular formula is C16H18N2O3. The molecule has 0 radical (unpaired) electrons. The number of nitrogens with zero attached hydrogens (tertiary/aromatic N) is 1. The van der Waals surface area contributed by atoms with Gasteiger partial charge in [-0.1, -0.05) is 18.2 Å². The van der Waals surface area contributed by atoms with Gasteiger partial charge in [0.15, 0.2) is 0 Å². The SMILES string of the molecule is COc1ccccc1[C@H](C)N(C)C(=O)c1ccc[nH]c1=O. The maximum atomic E-state index is 12.4. The molecular weight excluding hydrogens is 268 g/mol. The Bertz CT molecular complexity index is 694. The standard InChI is InChI=1S/C16H18N2O3/c1-11(12-7-4-5-9-14(12)21-3)18(2)16(20)13-8-6-10-17-15(13)19/h4-11H,1-3H3,(H,17,19)/t11-/m0/s1. The van der Waals surface area contributed by atoms with Gasteiger partial charge in [-0.3, -0.25) is 9.59 Å². The van der Waals surface area contributed by atoms with Crippen LogP contribution in [0.3, 0.4) is 0 Å². The summed E-state index contributed by atoms with van der Waals surface area (Å²) in [5, 5.41) is 0. The van der Waals surface area contributed by atoms with Crippen molar-refractivity contribution in [1.29, 1.82) is 0 Å². The van der Waals surface area contributed by atoms with E-state index < -0.39 is 0 Å². The number of pyridine rings is 1. The molecule has 0 spiro atoms. The molecule has 0 aliphatic heterocycles. The minimum Gasteiger partial charge on any atom is -0.496 e. The molecule has 0 saturated carbocycles. The van der Waals surface area contributed by atoms with E-state index in [4.69, 9.17) is 4.74 Å². The molecule has 5 heteroatoms. The first-order valence-corrected chi connectivity index (χ1v) is 6.64. The van der Waals surface area contributed by atoms with Crippen LogP contribution in [0.4, 0.5) is 0 Å². The molecule has 2 aromatic rings. The average molecular weight is 286 g/mol. The smallest absolute Gasteiger partial charge is 0.260 e. The summed E-state index contributed by atoms with van der Waals surface area (Å²) in [4.78, 5) is 28.2. The Morgan fingerprint density at radius 1 is 1.24 bits per heavy atom. The van der Waals surface area contributed by atoms with Crippen molar-refractivity contribution in [2.75, 3.05) is 14.2 Å². The number of amides is 1. The maximum absolute atomic E-state index is 12.4. The number of ether oxygens (including phenoxy) is 1. The Kier molecular flexibility index (Phi) is 4.42. The number of carbonyl (C=O) groups excluding carboxylic acids is 1. The van der Waals surface area contributed by atoms with Gasteiger partial charge >= 0.3 is 0 Å². The van der Waals surface area contributed by atoms with E-state index in [0.29, 0.717) is 5.75 Å². The van der Waals surface area contributed by atoms with E-state index in [0.717, 1.165) is 5.56 Å². The van der Waals surface area contributed by atoms with E-state index in [1.54, 1.807) is 20.2 Å². The van der Waals surface area contributed by atoms with E-state index in [1.807, 2.05) is 31.2 Å². The van der Waals surface area contributed by atoms with Crippen LogP contribution in [0.25, 0.3) is 0 Å². The Morgan fingerprint density at radius 2 is 1.95 bits per heavy atom. The first-order chi connectivity index (χ1) is 10.1. The summed E-state index contributed by atoms with van der Waals surface area (Å²) in [7, 11) is 3.27. The molecule has 1 atom stereocenters. The lowest BCUT2D eigenvalue weighted by molar-refractivity contribution is 0.0739. The third-order valence-electron chi connectivity index (χ3n) is 3.54. The highest BCUT2D eigenvalue weighted by Gasteiger charge is 2.22. The van der Waals surface area contributed by atoms with Gasteiger partial charge in [-0.05, 0) is 25.1 Å². The molecule has 1 N–H and O–H groups in total. The minimum absolute atomic E-state index is 0.127. The molecule has 110 valence electrons. The molecule has 1 heterocycles. The normalized spacial score (nSPS) is 11.8. The van der Waals surface area contributed by atoms with Crippen LogP contribution in [0.5, 0.6) is 5.75 Å². The Labute approximate surface area is 123 Å². The highest BCUT2D eigenvalue weighted by molar-refractivity contribution is 5.93. The van der Waals surface area contributed by atoms with Crippen molar-refractivity contribution < 1.29 is 9.53 Å². The first kappa shape index (κ1) is 14.8. The van der Waals surface area contributed by atoms with Crippen molar-refractivity contribution in [1.82, 2.24) is 9.88 Å². The van der Waals surface area contributed by atoms with Gasteiger partial charge in [-0.2, -0.15) is 0 Å². The second-order valence-corrected chi connectivity index (χ2v) is 4.75. The Balaban J connectivity index is 2.31. The van der Waals surface area contributed by atoms with Crippen molar-refractivity contribution in [3.63, 3.8) is 0 Å². The molecule has 0 fully saturated rings. The van der Waals surface area contributed by atoms with Gasteiger partial charge in [-0.15, -0.1) is 0 Å². The lowest BCUT2D eigenvalue weighted by Gasteiger charge is -2.26. The highest BCUT2D eigenvalue weighted by Crippen LogP contribution is 2.28. The molecule has 0 aliphatic carbocycles. The summed E-state index contributed by atoms with van der Waals surface area (Å²) >= 11 is 0. The first-order valence-electron chi connectivity index (χ1n) is 6.64. The van der Waals surface area contributed by atoms with Crippen LogP contribution in [-0.4, -0.2) is 29.9 Å². The monoisotopic (exact) mass is 286 g/mol. The number of carbonyl (C=O) groups is 1. The number of H-pyrrole nitrogens is 1. The predicted molar refractivity (Wildman–Crippen MR) is 80.6 cm³/mol. The van der Waals surface area contributed by atoms with Crippen LogP contribution in [0.15, 0.2) is 47.4 Å². The average Bonchev–Trinajstić information content (AvgIpc) is 2.53.